The van der Waals surface area contributed by atoms with Crippen molar-refractivity contribution in [2.45, 2.75) is 51.8 Å². The van der Waals surface area contributed by atoms with E-state index in [1.165, 1.54) is 0 Å². The van der Waals surface area contributed by atoms with Crippen LogP contribution in [-0.4, -0.2) is 30.5 Å². The second-order valence-electron chi connectivity index (χ2n) is 6.45. The molecule has 6 nitrogen and oxygen atoms in total. The van der Waals surface area contributed by atoms with Crippen LogP contribution < -0.4 is 4.72 Å². The molecule has 1 N–H and O–H groups in total. The molecule has 7 heteroatoms. The SMILES string of the molecule is C[C@H]1C[C@H](c2ccccc2)NS(=O)(=O)N1C(=O)OC(C)(C)C. The summed E-state index contributed by atoms with van der Waals surface area (Å²) in [4.78, 5) is 12.2. The van der Waals surface area contributed by atoms with Crippen molar-refractivity contribution in [2.24, 2.45) is 0 Å². The van der Waals surface area contributed by atoms with Crippen molar-refractivity contribution in [2.75, 3.05) is 0 Å². The third-order valence-corrected chi connectivity index (χ3v) is 4.91. The molecule has 1 aliphatic rings. The highest BCUT2D eigenvalue weighted by atomic mass is 32.2. The van der Waals surface area contributed by atoms with Gasteiger partial charge in [-0.2, -0.15) is 17.4 Å². The number of ether oxygens (including phenoxy) is 1. The van der Waals surface area contributed by atoms with Crippen LogP contribution in [-0.2, 0) is 14.9 Å². The summed E-state index contributed by atoms with van der Waals surface area (Å²) in [5.74, 6) is 0. The lowest BCUT2D eigenvalue weighted by molar-refractivity contribution is 0.0321. The first-order valence-electron chi connectivity index (χ1n) is 7.20. The van der Waals surface area contributed by atoms with Gasteiger partial charge in [0.15, 0.2) is 0 Å². The number of nitrogens with zero attached hydrogens (tertiary/aromatic N) is 1. The largest absolute Gasteiger partial charge is 0.443 e. The number of carbonyl (C=O) groups excluding carboxylic acids is 1. The molecular formula is C15H22N2O4S. The Balaban J connectivity index is 2.22. The molecule has 1 aromatic rings. The van der Waals surface area contributed by atoms with Gasteiger partial charge in [0.05, 0.1) is 12.1 Å². The van der Waals surface area contributed by atoms with E-state index >= 15 is 0 Å². The van der Waals surface area contributed by atoms with Crippen LogP contribution in [0.3, 0.4) is 0 Å². The van der Waals surface area contributed by atoms with E-state index in [1.807, 2.05) is 30.3 Å². The van der Waals surface area contributed by atoms with E-state index in [-0.39, 0.29) is 6.04 Å². The second kappa shape index (κ2) is 5.89. The van der Waals surface area contributed by atoms with Crippen molar-refractivity contribution >= 4 is 16.3 Å². The number of nitrogens with one attached hydrogen (secondary N) is 1. The van der Waals surface area contributed by atoms with Gasteiger partial charge in [0.25, 0.3) is 0 Å². The molecule has 1 aliphatic heterocycles. The van der Waals surface area contributed by atoms with Crippen LogP contribution in [0.2, 0.25) is 0 Å². The highest BCUT2D eigenvalue weighted by Gasteiger charge is 2.42. The molecule has 1 amide bonds. The van der Waals surface area contributed by atoms with Crippen LogP contribution >= 0.6 is 0 Å². The van der Waals surface area contributed by atoms with Crippen molar-refractivity contribution < 1.29 is 17.9 Å². The van der Waals surface area contributed by atoms with Crippen molar-refractivity contribution in [3.05, 3.63) is 35.9 Å². The molecule has 2 rings (SSSR count). The van der Waals surface area contributed by atoms with Crippen LogP contribution in [0.5, 0.6) is 0 Å². The molecule has 0 aromatic heterocycles. The monoisotopic (exact) mass is 326 g/mol. The molecule has 0 aliphatic carbocycles. The van der Waals surface area contributed by atoms with Gasteiger partial charge in [0.1, 0.15) is 5.60 Å². The summed E-state index contributed by atoms with van der Waals surface area (Å²) in [6, 6.07) is 8.48. The van der Waals surface area contributed by atoms with Crippen LogP contribution in [0.25, 0.3) is 0 Å². The first-order valence-corrected chi connectivity index (χ1v) is 8.64. The van der Waals surface area contributed by atoms with Gasteiger partial charge in [-0.05, 0) is 39.7 Å². The molecule has 0 saturated carbocycles. The second-order valence-corrected chi connectivity index (χ2v) is 8.03. The predicted molar refractivity (Wildman–Crippen MR) is 83.4 cm³/mol. The fourth-order valence-corrected chi connectivity index (χ4v) is 3.93. The van der Waals surface area contributed by atoms with E-state index in [0.29, 0.717) is 6.42 Å². The first-order chi connectivity index (χ1) is 10.1. The Bertz CT molecular complexity index is 637. The number of carbonyl (C=O) groups is 1. The third kappa shape index (κ3) is 3.78. The Kier molecular flexibility index (Phi) is 4.49. The molecular weight excluding hydrogens is 304 g/mol. The highest BCUT2D eigenvalue weighted by Crippen LogP contribution is 2.29. The summed E-state index contributed by atoms with van der Waals surface area (Å²) >= 11 is 0. The standard InChI is InChI=1S/C15H22N2O4S/c1-11-10-13(12-8-6-5-7-9-12)16-22(19,20)17(11)14(18)21-15(2,3)4/h5-9,11,13,16H,10H2,1-4H3/t11-,13+/m0/s1. The summed E-state index contributed by atoms with van der Waals surface area (Å²) in [6.45, 7) is 6.81. The van der Waals surface area contributed by atoms with Crippen LogP contribution in [0.4, 0.5) is 4.79 Å². The van der Waals surface area contributed by atoms with Gasteiger partial charge >= 0.3 is 16.3 Å². The molecule has 1 saturated heterocycles. The molecule has 1 fully saturated rings. The normalized spacial score (nSPS) is 24.8. The summed E-state index contributed by atoms with van der Waals surface area (Å²) in [6.07, 6.45) is -0.360. The van der Waals surface area contributed by atoms with Crippen molar-refractivity contribution in [3.63, 3.8) is 0 Å². The summed E-state index contributed by atoms with van der Waals surface area (Å²) in [5, 5.41) is 0. The summed E-state index contributed by atoms with van der Waals surface area (Å²) < 4.78 is 33.4. The smallest absolute Gasteiger partial charge is 0.425 e. The van der Waals surface area contributed by atoms with E-state index in [1.54, 1.807) is 27.7 Å². The highest BCUT2D eigenvalue weighted by molar-refractivity contribution is 7.87. The number of benzene rings is 1. The topological polar surface area (TPSA) is 75.7 Å². The van der Waals surface area contributed by atoms with Gasteiger partial charge < -0.3 is 4.74 Å². The first kappa shape index (κ1) is 16.8. The average molecular weight is 326 g/mol. The molecule has 0 radical (unpaired) electrons. The molecule has 22 heavy (non-hydrogen) atoms. The molecule has 122 valence electrons. The number of hydrogen-bond acceptors (Lipinski definition) is 4. The van der Waals surface area contributed by atoms with Crippen molar-refractivity contribution in [1.82, 2.24) is 9.03 Å². The molecule has 0 bridgehead atoms. The minimum atomic E-state index is -3.93. The number of hydrogen-bond donors (Lipinski definition) is 1. The lowest BCUT2D eigenvalue weighted by Crippen LogP contribution is -2.56. The Morgan fingerprint density at radius 1 is 1.27 bits per heavy atom. The van der Waals surface area contributed by atoms with E-state index in [4.69, 9.17) is 4.74 Å². The molecule has 2 atom stereocenters. The summed E-state index contributed by atoms with van der Waals surface area (Å²) in [5.41, 5.74) is 0.129. The fourth-order valence-electron chi connectivity index (χ4n) is 2.43. The van der Waals surface area contributed by atoms with Gasteiger partial charge in [0, 0.05) is 0 Å². The average Bonchev–Trinajstić information content (AvgIpc) is 2.35. The maximum Gasteiger partial charge on any atom is 0.425 e. The molecule has 0 unspecified atom stereocenters. The lowest BCUT2D eigenvalue weighted by atomic mass is 10.0. The van der Waals surface area contributed by atoms with Gasteiger partial charge in [-0.3, -0.25) is 0 Å². The Morgan fingerprint density at radius 2 is 1.86 bits per heavy atom. The van der Waals surface area contributed by atoms with E-state index in [2.05, 4.69) is 4.72 Å². The third-order valence-electron chi connectivity index (χ3n) is 3.30. The van der Waals surface area contributed by atoms with Gasteiger partial charge in [-0.25, -0.2) is 4.79 Å². The van der Waals surface area contributed by atoms with E-state index < -0.39 is 27.9 Å². The van der Waals surface area contributed by atoms with Gasteiger partial charge in [0.2, 0.25) is 0 Å². The van der Waals surface area contributed by atoms with Crippen LogP contribution in [0.15, 0.2) is 30.3 Å². The zero-order valence-corrected chi connectivity index (χ0v) is 14.1. The lowest BCUT2D eigenvalue weighted by Gasteiger charge is -2.38. The minimum absolute atomic E-state index is 0.347. The Labute approximate surface area is 131 Å². The quantitative estimate of drug-likeness (QED) is 0.860. The number of rotatable bonds is 1. The van der Waals surface area contributed by atoms with Crippen molar-refractivity contribution in [1.29, 1.82) is 0 Å². The fraction of sp³-hybridized carbons (Fsp3) is 0.533. The van der Waals surface area contributed by atoms with E-state index in [0.717, 1.165) is 9.87 Å². The zero-order valence-electron chi connectivity index (χ0n) is 13.2. The number of amides is 1. The minimum Gasteiger partial charge on any atom is -0.443 e. The van der Waals surface area contributed by atoms with Crippen molar-refractivity contribution in [3.8, 4) is 0 Å². The molecule has 1 heterocycles. The Hall–Kier alpha value is -1.60. The molecule has 0 spiro atoms. The zero-order chi connectivity index (χ0) is 16.5. The van der Waals surface area contributed by atoms with Crippen LogP contribution in [0.1, 0.15) is 45.7 Å². The maximum atomic E-state index is 12.4. The molecule has 1 aromatic carbocycles. The maximum absolute atomic E-state index is 12.4. The van der Waals surface area contributed by atoms with Gasteiger partial charge in [-0.1, -0.05) is 30.3 Å². The predicted octanol–water partition coefficient (Wildman–Crippen LogP) is 2.59. The Morgan fingerprint density at radius 3 is 2.36 bits per heavy atom. The summed E-state index contributed by atoms with van der Waals surface area (Å²) in [7, 11) is -3.93. The van der Waals surface area contributed by atoms with E-state index in [9.17, 15) is 13.2 Å². The van der Waals surface area contributed by atoms with Crippen LogP contribution in [0, 0.1) is 0 Å². The van der Waals surface area contributed by atoms with Gasteiger partial charge in [-0.15, -0.1) is 0 Å².